The van der Waals surface area contributed by atoms with Gasteiger partial charge in [-0.2, -0.15) is 0 Å². The van der Waals surface area contributed by atoms with E-state index in [-0.39, 0.29) is 5.91 Å². The van der Waals surface area contributed by atoms with Crippen LogP contribution in [0.1, 0.15) is 36.0 Å². The molecule has 3 heterocycles. The van der Waals surface area contributed by atoms with Gasteiger partial charge in [0.25, 0.3) is 5.91 Å². The average molecular weight is 313 g/mol. The minimum atomic E-state index is 0.0579. The maximum Gasteiger partial charge on any atom is 0.258 e. The lowest BCUT2D eigenvalue weighted by Gasteiger charge is -2.43. The first-order valence-electron chi connectivity index (χ1n) is 8.37. The highest BCUT2D eigenvalue weighted by atomic mass is 16.2. The van der Waals surface area contributed by atoms with Crippen molar-refractivity contribution in [3.63, 3.8) is 0 Å². The van der Waals surface area contributed by atoms with Gasteiger partial charge in [-0.05, 0) is 44.2 Å². The second-order valence-electron chi connectivity index (χ2n) is 6.78. The summed E-state index contributed by atoms with van der Waals surface area (Å²) in [6, 6.07) is 2.49. The van der Waals surface area contributed by atoms with Gasteiger partial charge in [-0.1, -0.05) is 0 Å². The van der Waals surface area contributed by atoms with Crippen LogP contribution in [0, 0.1) is 5.92 Å². The quantitative estimate of drug-likeness (QED) is 0.888. The number of nitrogens with zero attached hydrogens (tertiary/aromatic N) is 3. The fraction of sp³-hybridized carbons (Fsp3) is 0.529. The van der Waals surface area contributed by atoms with Crippen LogP contribution in [-0.4, -0.2) is 47.1 Å². The van der Waals surface area contributed by atoms with E-state index in [1.807, 2.05) is 19.3 Å². The number of rotatable bonds is 2. The molecule has 122 valence electrons. The van der Waals surface area contributed by atoms with Crippen molar-refractivity contribution < 1.29 is 4.79 Å². The molecular formula is C17H23N5O. The Bertz CT molecular complexity index is 732. The Hall–Kier alpha value is -2.08. The number of hydrogen-bond acceptors (Lipinski definition) is 4. The van der Waals surface area contributed by atoms with Gasteiger partial charge in [-0.25, -0.2) is 4.98 Å². The molecule has 3 N–H and O–H groups in total. The number of nitrogens with two attached hydrogens (primary N) is 1. The summed E-state index contributed by atoms with van der Waals surface area (Å²) in [4.78, 5) is 24.3. The molecule has 1 amide bonds. The molecule has 1 fully saturated rings. The fourth-order valence-electron chi connectivity index (χ4n) is 4.02. The SMILES string of the molecule is CN1CN(C2CCC(CN)CC2)c2c(cnc3[nH]ccc23)C1=O. The molecule has 6 nitrogen and oxygen atoms in total. The van der Waals surface area contributed by atoms with Gasteiger partial charge in [0.2, 0.25) is 0 Å². The second kappa shape index (κ2) is 5.53. The van der Waals surface area contributed by atoms with Gasteiger partial charge in [-0.15, -0.1) is 0 Å². The first-order chi connectivity index (χ1) is 11.2. The van der Waals surface area contributed by atoms with Gasteiger partial charge >= 0.3 is 0 Å². The smallest absolute Gasteiger partial charge is 0.258 e. The van der Waals surface area contributed by atoms with Crippen LogP contribution in [0.25, 0.3) is 11.0 Å². The van der Waals surface area contributed by atoms with Crippen LogP contribution in [0.5, 0.6) is 0 Å². The molecule has 23 heavy (non-hydrogen) atoms. The summed E-state index contributed by atoms with van der Waals surface area (Å²) in [7, 11) is 1.87. The summed E-state index contributed by atoms with van der Waals surface area (Å²) < 4.78 is 0. The molecule has 0 atom stereocenters. The van der Waals surface area contributed by atoms with Gasteiger partial charge in [0.05, 0.1) is 17.9 Å². The van der Waals surface area contributed by atoms with Crippen LogP contribution in [0.2, 0.25) is 0 Å². The van der Waals surface area contributed by atoms with E-state index in [1.165, 1.54) is 12.8 Å². The predicted molar refractivity (Wildman–Crippen MR) is 90.3 cm³/mol. The number of pyridine rings is 1. The second-order valence-corrected chi connectivity index (χ2v) is 6.78. The maximum atomic E-state index is 12.5. The van der Waals surface area contributed by atoms with Crippen molar-refractivity contribution in [2.75, 3.05) is 25.2 Å². The summed E-state index contributed by atoms with van der Waals surface area (Å²) in [5.41, 5.74) is 8.44. The lowest BCUT2D eigenvalue weighted by molar-refractivity contribution is 0.0774. The molecule has 0 aromatic carbocycles. The van der Waals surface area contributed by atoms with E-state index >= 15 is 0 Å². The molecule has 2 aromatic heterocycles. The Balaban J connectivity index is 1.75. The Kier molecular flexibility index (Phi) is 3.49. The summed E-state index contributed by atoms with van der Waals surface area (Å²) in [6.45, 7) is 1.43. The van der Waals surface area contributed by atoms with Gasteiger partial charge < -0.3 is 20.5 Å². The molecule has 0 bridgehead atoms. The van der Waals surface area contributed by atoms with Crippen molar-refractivity contribution in [1.82, 2.24) is 14.9 Å². The topological polar surface area (TPSA) is 78.2 Å². The predicted octanol–water partition coefficient (Wildman–Crippen LogP) is 1.93. The monoisotopic (exact) mass is 313 g/mol. The molecular weight excluding hydrogens is 290 g/mol. The van der Waals surface area contributed by atoms with Crippen LogP contribution in [-0.2, 0) is 0 Å². The van der Waals surface area contributed by atoms with E-state index < -0.39 is 0 Å². The third-order valence-corrected chi connectivity index (χ3v) is 5.38. The van der Waals surface area contributed by atoms with Gasteiger partial charge in [0.15, 0.2) is 0 Å². The number of carbonyl (C=O) groups excluding carboxylic acids is 1. The van der Waals surface area contributed by atoms with Crippen molar-refractivity contribution in [2.45, 2.75) is 31.7 Å². The van der Waals surface area contributed by atoms with Crippen LogP contribution < -0.4 is 10.6 Å². The van der Waals surface area contributed by atoms with Crippen molar-refractivity contribution in [3.05, 3.63) is 24.0 Å². The molecule has 1 saturated carbocycles. The number of H-pyrrole nitrogens is 1. The molecule has 0 radical (unpaired) electrons. The summed E-state index contributed by atoms with van der Waals surface area (Å²) >= 11 is 0. The third kappa shape index (κ3) is 2.28. The number of nitrogens with one attached hydrogen (secondary N) is 1. The first kappa shape index (κ1) is 14.5. The van der Waals surface area contributed by atoms with Crippen LogP contribution in [0.4, 0.5) is 5.69 Å². The lowest BCUT2D eigenvalue weighted by atomic mass is 9.85. The average Bonchev–Trinajstić information content (AvgIpc) is 3.06. The fourth-order valence-corrected chi connectivity index (χ4v) is 4.02. The maximum absolute atomic E-state index is 12.5. The zero-order chi connectivity index (χ0) is 16.0. The van der Waals surface area contributed by atoms with E-state index in [1.54, 1.807) is 11.1 Å². The molecule has 6 heteroatoms. The number of hydrogen-bond donors (Lipinski definition) is 2. The van der Waals surface area contributed by atoms with Crippen molar-refractivity contribution in [1.29, 1.82) is 0 Å². The van der Waals surface area contributed by atoms with Crippen molar-refractivity contribution >= 4 is 22.6 Å². The third-order valence-electron chi connectivity index (χ3n) is 5.38. The Morgan fingerprint density at radius 1 is 1.35 bits per heavy atom. The lowest BCUT2D eigenvalue weighted by Crippen LogP contribution is -2.50. The number of amides is 1. The number of carbonyl (C=O) groups is 1. The van der Waals surface area contributed by atoms with Crippen LogP contribution in [0.15, 0.2) is 18.5 Å². The zero-order valence-electron chi connectivity index (χ0n) is 13.5. The molecule has 0 unspecified atom stereocenters. The first-order valence-corrected chi connectivity index (χ1v) is 8.37. The Labute approximate surface area is 135 Å². The molecule has 2 aliphatic rings. The van der Waals surface area contributed by atoms with Crippen LogP contribution >= 0.6 is 0 Å². The highest BCUT2D eigenvalue weighted by molar-refractivity contribution is 6.08. The Morgan fingerprint density at radius 3 is 2.87 bits per heavy atom. The van der Waals surface area contributed by atoms with E-state index in [0.29, 0.717) is 24.2 Å². The van der Waals surface area contributed by atoms with E-state index in [4.69, 9.17) is 5.73 Å². The van der Waals surface area contributed by atoms with Gasteiger partial charge in [0, 0.05) is 30.9 Å². The minimum absolute atomic E-state index is 0.0579. The number of aromatic nitrogens is 2. The molecule has 1 aliphatic carbocycles. The van der Waals surface area contributed by atoms with E-state index in [9.17, 15) is 4.79 Å². The Morgan fingerprint density at radius 2 is 2.13 bits per heavy atom. The van der Waals surface area contributed by atoms with E-state index in [0.717, 1.165) is 36.1 Å². The van der Waals surface area contributed by atoms with Gasteiger partial charge in [-0.3, -0.25) is 4.79 Å². The van der Waals surface area contributed by atoms with E-state index in [2.05, 4.69) is 14.9 Å². The molecule has 4 rings (SSSR count). The highest BCUT2D eigenvalue weighted by Crippen LogP contribution is 2.38. The normalized spacial score (nSPS) is 25.0. The number of fused-ring (bicyclic) bond motifs is 3. The van der Waals surface area contributed by atoms with Crippen LogP contribution in [0.3, 0.4) is 0 Å². The molecule has 0 saturated heterocycles. The van der Waals surface area contributed by atoms with Crippen molar-refractivity contribution in [2.24, 2.45) is 11.7 Å². The number of anilines is 1. The standard InChI is InChI=1S/C17H23N5O/c1-21-10-22(12-4-2-11(8-18)3-5-12)15-13-6-7-19-16(13)20-9-14(15)17(21)23/h6-7,9,11-12H,2-5,8,10,18H2,1H3,(H,19,20). The molecule has 1 aliphatic heterocycles. The minimum Gasteiger partial charge on any atom is -0.349 e. The summed E-state index contributed by atoms with van der Waals surface area (Å²) in [6.07, 6.45) is 8.22. The molecule has 2 aromatic rings. The highest BCUT2D eigenvalue weighted by Gasteiger charge is 2.34. The largest absolute Gasteiger partial charge is 0.349 e. The van der Waals surface area contributed by atoms with Gasteiger partial charge in [0.1, 0.15) is 5.65 Å². The number of aromatic amines is 1. The summed E-state index contributed by atoms with van der Waals surface area (Å²) in [5, 5.41) is 1.05. The molecule has 0 spiro atoms. The summed E-state index contributed by atoms with van der Waals surface area (Å²) in [5.74, 6) is 0.710. The van der Waals surface area contributed by atoms with Crippen molar-refractivity contribution in [3.8, 4) is 0 Å². The zero-order valence-corrected chi connectivity index (χ0v) is 13.5.